The van der Waals surface area contributed by atoms with E-state index in [1.54, 1.807) is 12.1 Å². The fourth-order valence-corrected chi connectivity index (χ4v) is 1.13. The number of anilines is 1. The van der Waals surface area contributed by atoms with Crippen LogP contribution in [0.5, 0.6) is 0 Å². The van der Waals surface area contributed by atoms with Crippen molar-refractivity contribution in [3.63, 3.8) is 0 Å². The van der Waals surface area contributed by atoms with Crippen LogP contribution in [0, 0.1) is 17.1 Å². The van der Waals surface area contributed by atoms with Gasteiger partial charge in [0, 0.05) is 6.04 Å². The molecule has 0 fully saturated rings. The first kappa shape index (κ1) is 10.5. The Morgan fingerprint density at radius 1 is 1.57 bits per heavy atom. The third-order valence-electron chi connectivity index (χ3n) is 2.14. The Morgan fingerprint density at radius 3 is 2.86 bits per heavy atom. The SMILES string of the molecule is CC[C@H](C)Nc1cccc(F)c1C#N. The first-order chi connectivity index (χ1) is 6.69. The zero-order chi connectivity index (χ0) is 10.6. The number of nitriles is 1. The molecule has 0 bridgehead atoms. The topological polar surface area (TPSA) is 35.8 Å². The Kier molecular flexibility index (Phi) is 3.47. The highest BCUT2D eigenvalue weighted by Crippen LogP contribution is 2.18. The molecule has 1 rings (SSSR count). The molecule has 0 radical (unpaired) electrons. The molecule has 0 saturated carbocycles. The van der Waals surface area contributed by atoms with Crippen molar-refractivity contribution in [2.75, 3.05) is 5.32 Å². The summed E-state index contributed by atoms with van der Waals surface area (Å²) in [5.41, 5.74) is 0.662. The summed E-state index contributed by atoms with van der Waals surface area (Å²) in [6.45, 7) is 4.02. The van der Waals surface area contributed by atoms with Gasteiger partial charge in [0.25, 0.3) is 0 Å². The van der Waals surface area contributed by atoms with Gasteiger partial charge in [-0.1, -0.05) is 13.0 Å². The van der Waals surface area contributed by atoms with Crippen LogP contribution in [0.3, 0.4) is 0 Å². The van der Waals surface area contributed by atoms with Crippen LogP contribution in [0.4, 0.5) is 10.1 Å². The summed E-state index contributed by atoms with van der Waals surface area (Å²) >= 11 is 0. The first-order valence-corrected chi connectivity index (χ1v) is 4.64. The van der Waals surface area contributed by atoms with E-state index in [1.165, 1.54) is 6.07 Å². The maximum absolute atomic E-state index is 13.1. The van der Waals surface area contributed by atoms with E-state index in [0.717, 1.165) is 6.42 Å². The molecule has 0 aliphatic rings. The second kappa shape index (κ2) is 4.61. The van der Waals surface area contributed by atoms with E-state index < -0.39 is 5.82 Å². The van der Waals surface area contributed by atoms with Gasteiger partial charge in [-0.25, -0.2) is 4.39 Å². The average Bonchev–Trinajstić information content (AvgIpc) is 2.18. The molecule has 0 heterocycles. The molecule has 0 saturated heterocycles. The number of halogens is 1. The van der Waals surface area contributed by atoms with Gasteiger partial charge in [0.15, 0.2) is 0 Å². The van der Waals surface area contributed by atoms with Crippen molar-refractivity contribution in [2.24, 2.45) is 0 Å². The molecule has 1 aromatic carbocycles. The van der Waals surface area contributed by atoms with Crippen LogP contribution in [0.25, 0.3) is 0 Å². The van der Waals surface area contributed by atoms with Crippen LogP contribution in [-0.2, 0) is 0 Å². The van der Waals surface area contributed by atoms with Crippen molar-refractivity contribution < 1.29 is 4.39 Å². The monoisotopic (exact) mass is 192 g/mol. The number of nitrogens with one attached hydrogen (secondary N) is 1. The summed E-state index contributed by atoms with van der Waals surface area (Å²) in [6.07, 6.45) is 0.932. The lowest BCUT2D eigenvalue weighted by Gasteiger charge is -2.14. The zero-order valence-corrected chi connectivity index (χ0v) is 8.34. The van der Waals surface area contributed by atoms with Crippen LogP contribution in [-0.4, -0.2) is 6.04 Å². The van der Waals surface area contributed by atoms with E-state index in [4.69, 9.17) is 5.26 Å². The summed E-state index contributed by atoms with van der Waals surface area (Å²) in [6, 6.07) is 6.70. The molecule has 0 unspecified atom stereocenters. The van der Waals surface area contributed by atoms with E-state index in [1.807, 2.05) is 19.9 Å². The zero-order valence-electron chi connectivity index (χ0n) is 8.34. The Bertz CT molecular complexity index is 355. The summed E-state index contributed by atoms with van der Waals surface area (Å²) in [5, 5.41) is 11.8. The van der Waals surface area contributed by atoms with Gasteiger partial charge in [-0.05, 0) is 25.5 Å². The summed E-state index contributed by atoms with van der Waals surface area (Å²) < 4.78 is 13.1. The Morgan fingerprint density at radius 2 is 2.29 bits per heavy atom. The minimum absolute atomic E-state index is 0.0906. The first-order valence-electron chi connectivity index (χ1n) is 4.64. The summed E-state index contributed by atoms with van der Waals surface area (Å²) in [5.74, 6) is -0.471. The quantitative estimate of drug-likeness (QED) is 0.799. The maximum atomic E-state index is 13.1. The van der Waals surface area contributed by atoms with Crippen molar-refractivity contribution in [2.45, 2.75) is 26.3 Å². The molecule has 0 aromatic heterocycles. The second-order valence-electron chi connectivity index (χ2n) is 3.23. The average molecular weight is 192 g/mol. The Balaban J connectivity index is 2.98. The molecule has 1 atom stereocenters. The molecule has 0 aliphatic heterocycles. The van der Waals surface area contributed by atoms with Crippen LogP contribution < -0.4 is 5.32 Å². The van der Waals surface area contributed by atoms with Crippen molar-refractivity contribution in [1.29, 1.82) is 5.26 Å². The third-order valence-corrected chi connectivity index (χ3v) is 2.14. The number of benzene rings is 1. The molecule has 1 aromatic rings. The molecular formula is C11H13FN2. The third kappa shape index (κ3) is 2.23. The van der Waals surface area contributed by atoms with Crippen LogP contribution in [0.2, 0.25) is 0 Å². The van der Waals surface area contributed by atoms with E-state index in [-0.39, 0.29) is 11.6 Å². The van der Waals surface area contributed by atoms with Gasteiger partial charge in [-0.3, -0.25) is 0 Å². The van der Waals surface area contributed by atoms with Crippen molar-refractivity contribution in [1.82, 2.24) is 0 Å². The minimum Gasteiger partial charge on any atom is -0.381 e. The molecule has 3 heteroatoms. The van der Waals surface area contributed by atoms with Gasteiger partial charge in [0.1, 0.15) is 17.4 Å². The van der Waals surface area contributed by atoms with Crippen LogP contribution in [0.1, 0.15) is 25.8 Å². The van der Waals surface area contributed by atoms with E-state index in [2.05, 4.69) is 5.32 Å². The van der Waals surface area contributed by atoms with Gasteiger partial charge in [0.05, 0.1) is 5.69 Å². The molecule has 1 N–H and O–H groups in total. The molecule has 0 spiro atoms. The normalized spacial score (nSPS) is 11.9. The second-order valence-corrected chi connectivity index (χ2v) is 3.23. The number of hydrogen-bond acceptors (Lipinski definition) is 2. The van der Waals surface area contributed by atoms with Crippen molar-refractivity contribution in [3.05, 3.63) is 29.6 Å². The molecule has 2 nitrogen and oxygen atoms in total. The number of nitrogens with zero attached hydrogens (tertiary/aromatic N) is 1. The van der Waals surface area contributed by atoms with E-state index in [0.29, 0.717) is 5.69 Å². The fourth-order valence-electron chi connectivity index (χ4n) is 1.13. The lowest BCUT2D eigenvalue weighted by Crippen LogP contribution is -2.14. The van der Waals surface area contributed by atoms with Gasteiger partial charge in [0.2, 0.25) is 0 Å². The van der Waals surface area contributed by atoms with E-state index in [9.17, 15) is 4.39 Å². The molecule has 0 aliphatic carbocycles. The molecule has 14 heavy (non-hydrogen) atoms. The van der Waals surface area contributed by atoms with Gasteiger partial charge in [-0.2, -0.15) is 5.26 Å². The van der Waals surface area contributed by atoms with E-state index >= 15 is 0 Å². The maximum Gasteiger partial charge on any atom is 0.143 e. The highest BCUT2D eigenvalue weighted by atomic mass is 19.1. The highest BCUT2D eigenvalue weighted by molar-refractivity contribution is 5.58. The Hall–Kier alpha value is -1.56. The smallest absolute Gasteiger partial charge is 0.143 e. The molecule has 0 amide bonds. The lowest BCUT2D eigenvalue weighted by molar-refractivity contribution is 0.623. The molecular weight excluding hydrogens is 179 g/mol. The lowest BCUT2D eigenvalue weighted by atomic mass is 10.1. The number of rotatable bonds is 3. The van der Waals surface area contributed by atoms with Gasteiger partial charge in [-0.15, -0.1) is 0 Å². The summed E-state index contributed by atoms with van der Waals surface area (Å²) in [4.78, 5) is 0. The van der Waals surface area contributed by atoms with Crippen LogP contribution in [0.15, 0.2) is 18.2 Å². The van der Waals surface area contributed by atoms with Crippen LogP contribution >= 0.6 is 0 Å². The molecule has 74 valence electrons. The Labute approximate surface area is 83.4 Å². The predicted molar refractivity (Wildman–Crippen MR) is 54.5 cm³/mol. The largest absolute Gasteiger partial charge is 0.381 e. The van der Waals surface area contributed by atoms with Gasteiger partial charge >= 0.3 is 0 Å². The number of hydrogen-bond donors (Lipinski definition) is 1. The van der Waals surface area contributed by atoms with Crippen molar-refractivity contribution in [3.8, 4) is 6.07 Å². The highest BCUT2D eigenvalue weighted by Gasteiger charge is 2.08. The van der Waals surface area contributed by atoms with Gasteiger partial charge < -0.3 is 5.32 Å². The summed E-state index contributed by atoms with van der Waals surface area (Å²) in [7, 11) is 0. The predicted octanol–water partition coefficient (Wildman–Crippen LogP) is 2.91. The fraction of sp³-hybridized carbons (Fsp3) is 0.364. The minimum atomic E-state index is -0.471. The van der Waals surface area contributed by atoms with Crippen molar-refractivity contribution >= 4 is 5.69 Å². The standard InChI is InChI=1S/C11H13FN2/c1-3-8(2)14-11-6-4-5-10(12)9(11)7-13/h4-6,8,14H,3H2,1-2H3/t8-/m0/s1.